The molecule has 9 heteroatoms. The molecular weight excluding hydrogens is 360 g/mol. The maximum Gasteiger partial charge on any atom is 0.270 e. The molecule has 0 aliphatic carbocycles. The first-order valence-electron chi connectivity index (χ1n) is 5.25. The number of rotatable bonds is 6. The Hall–Kier alpha value is -0.860. The van der Waals surface area contributed by atoms with Gasteiger partial charge in [0.15, 0.2) is 0 Å². The lowest BCUT2D eigenvalue weighted by Gasteiger charge is -2.12. The number of alkyl halides is 1. The van der Waals surface area contributed by atoms with Crippen molar-refractivity contribution in [3.63, 3.8) is 0 Å². The van der Waals surface area contributed by atoms with Crippen molar-refractivity contribution >= 4 is 48.9 Å². The number of nitrogens with one attached hydrogen (secondary N) is 1. The van der Waals surface area contributed by atoms with E-state index in [9.17, 15) is 18.5 Å². The van der Waals surface area contributed by atoms with Crippen LogP contribution < -0.4 is 4.72 Å². The number of sulfonamides is 1. The van der Waals surface area contributed by atoms with Crippen molar-refractivity contribution in [3.8, 4) is 0 Å². The van der Waals surface area contributed by atoms with Gasteiger partial charge in [-0.1, -0.05) is 6.92 Å². The molecule has 1 aromatic carbocycles. The Labute approximate surface area is 124 Å². The second-order valence-corrected chi connectivity index (χ2v) is 6.99. The van der Waals surface area contributed by atoms with Crippen LogP contribution >= 0.6 is 27.5 Å². The molecule has 0 amide bonds. The molecule has 0 saturated heterocycles. The molecular formula is C10H12BrClN2O4S. The van der Waals surface area contributed by atoms with Crippen LogP contribution in [0.1, 0.15) is 6.92 Å². The fraction of sp³-hybridized carbons (Fsp3) is 0.400. The van der Waals surface area contributed by atoms with Crippen LogP contribution in [0.2, 0.25) is 0 Å². The van der Waals surface area contributed by atoms with E-state index in [2.05, 4.69) is 20.7 Å². The quantitative estimate of drug-likeness (QED) is 0.473. The third-order valence-corrected chi connectivity index (χ3v) is 4.92. The Balaban J connectivity index is 2.91. The molecule has 1 aromatic rings. The van der Waals surface area contributed by atoms with Crippen LogP contribution in [0, 0.1) is 16.0 Å². The van der Waals surface area contributed by atoms with Crippen LogP contribution in [0.15, 0.2) is 22.7 Å². The van der Waals surface area contributed by atoms with E-state index in [0.717, 1.165) is 0 Å². The predicted molar refractivity (Wildman–Crippen MR) is 78.1 cm³/mol. The second kappa shape index (κ2) is 6.53. The number of anilines is 1. The lowest BCUT2D eigenvalue weighted by molar-refractivity contribution is -0.384. The minimum absolute atomic E-state index is 0.111. The first kappa shape index (κ1) is 16.2. The molecule has 0 saturated carbocycles. The summed E-state index contributed by atoms with van der Waals surface area (Å²) < 4.78 is 26.3. The van der Waals surface area contributed by atoms with Gasteiger partial charge in [0.2, 0.25) is 10.0 Å². The topological polar surface area (TPSA) is 89.3 Å². The number of nitrogens with zero attached hydrogens (tertiary/aromatic N) is 1. The Bertz CT molecular complexity index is 579. The van der Waals surface area contributed by atoms with Gasteiger partial charge >= 0.3 is 0 Å². The Morgan fingerprint density at radius 3 is 2.63 bits per heavy atom. The molecule has 0 aliphatic rings. The molecule has 0 aliphatic heterocycles. The third-order valence-electron chi connectivity index (χ3n) is 2.20. The molecule has 0 bridgehead atoms. The summed E-state index contributed by atoms with van der Waals surface area (Å²) in [6.45, 7) is 1.72. The number of nitro benzene ring substituents is 1. The van der Waals surface area contributed by atoms with E-state index in [4.69, 9.17) is 11.6 Å². The van der Waals surface area contributed by atoms with Crippen LogP contribution in [0.5, 0.6) is 0 Å². The van der Waals surface area contributed by atoms with Crippen molar-refractivity contribution < 1.29 is 13.3 Å². The molecule has 19 heavy (non-hydrogen) atoms. The number of nitro groups is 1. The van der Waals surface area contributed by atoms with Crippen molar-refractivity contribution in [2.45, 2.75) is 6.92 Å². The van der Waals surface area contributed by atoms with Gasteiger partial charge in [-0.25, -0.2) is 8.42 Å². The van der Waals surface area contributed by atoms with Gasteiger partial charge in [-0.05, 0) is 27.9 Å². The van der Waals surface area contributed by atoms with E-state index in [-0.39, 0.29) is 28.9 Å². The van der Waals surface area contributed by atoms with Crippen molar-refractivity contribution in [3.05, 3.63) is 32.8 Å². The zero-order valence-electron chi connectivity index (χ0n) is 9.97. The standard InChI is InChI=1S/C10H12BrClN2O4S/c1-7(5-12)6-19(17,18)13-10-3-2-8(14(15)16)4-9(10)11/h2-4,7,13H,5-6H2,1H3. The molecule has 0 fully saturated rings. The minimum Gasteiger partial charge on any atom is -0.282 e. The van der Waals surface area contributed by atoms with Gasteiger partial charge in [-0.2, -0.15) is 0 Å². The zero-order chi connectivity index (χ0) is 14.6. The molecule has 0 heterocycles. The van der Waals surface area contributed by atoms with Crippen LogP contribution in [-0.2, 0) is 10.0 Å². The van der Waals surface area contributed by atoms with Crippen molar-refractivity contribution in [2.24, 2.45) is 5.92 Å². The number of benzene rings is 1. The summed E-state index contributed by atoms with van der Waals surface area (Å²) in [7, 11) is -3.54. The summed E-state index contributed by atoms with van der Waals surface area (Å²) in [5, 5.41) is 10.6. The summed E-state index contributed by atoms with van der Waals surface area (Å²) in [5.41, 5.74) is 0.135. The van der Waals surface area contributed by atoms with Crippen molar-refractivity contribution in [1.29, 1.82) is 0 Å². The van der Waals surface area contributed by atoms with Crippen LogP contribution in [-0.4, -0.2) is 25.0 Å². The van der Waals surface area contributed by atoms with Gasteiger partial charge in [0.05, 0.1) is 16.4 Å². The lowest BCUT2D eigenvalue weighted by atomic mass is 10.3. The van der Waals surface area contributed by atoms with E-state index < -0.39 is 14.9 Å². The maximum absolute atomic E-state index is 11.8. The highest BCUT2D eigenvalue weighted by molar-refractivity contribution is 9.10. The fourth-order valence-corrected chi connectivity index (χ4v) is 3.63. The molecule has 0 spiro atoms. The molecule has 106 valence electrons. The normalized spacial score (nSPS) is 13.0. The summed E-state index contributed by atoms with van der Waals surface area (Å²) in [5.74, 6) is -0.0570. The second-order valence-electron chi connectivity index (χ2n) is 4.06. The largest absolute Gasteiger partial charge is 0.282 e. The van der Waals surface area contributed by atoms with Crippen molar-refractivity contribution in [2.75, 3.05) is 16.4 Å². The van der Waals surface area contributed by atoms with Gasteiger partial charge in [0.25, 0.3) is 5.69 Å². The first-order valence-corrected chi connectivity index (χ1v) is 8.23. The number of hydrogen-bond acceptors (Lipinski definition) is 4. The molecule has 0 radical (unpaired) electrons. The van der Waals surface area contributed by atoms with E-state index >= 15 is 0 Å². The third kappa shape index (κ3) is 4.96. The van der Waals surface area contributed by atoms with Gasteiger partial charge < -0.3 is 0 Å². The van der Waals surface area contributed by atoms with E-state index in [1.807, 2.05) is 0 Å². The lowest BCUT2D eigenvalue weighted by Crippen LogP contribution is -2.22. The highest BCUT2D eigenvalue weighted by Gasteiger charge is 2.17. The highest BCUT2D eigenvalue weighted by Crippen LogP contribution is 2.28. The Morgan fingerprint density at radius 1 is 1.53 bits per heavy atom. The summed E-state index contributed by atoms with van der Waals surface area (Å²) in [6.07, 6.45) is 0. The van der Waals surface area contributed by atoms with E-state index in [0.29, 0.717) is 4.47 Å². The Morgan fingerprint density at radius 2 is 2.16 bits per heavy atom. The fourth-order valence-electron chi connectivity index (χ4n) is 1.33. The van der Waals surface area contributed by atoms with Crippen LogP contribution in [0.3, 0.4) is 0 Å². The van der Waals surface area contributed by atoms with Gasteiger partial charge in [0.1, 0.15) is 0 Å². The first-order chi connectivity index (χ1) is 8.75. The molecule has 1 unspecified atom stereocenters. The summed E-state index contributed by atoms with van der Waals surface area (Å²) >= 11 is 8.67. The number of non-ortho nitro benzene ring substituents is 1. The molecule has 1 rings (SSSR count). The van der Waals surface area contributed by atoms with E-state index in [1.54, 1.807) is 6.92 Å². The average molecular weight is 372 g/mol. The molecule has 6 nitrogen and oxygen atoms in total. The molecule has 1 atom stereocenters. The van der Waals surface area contributed by atoms with E-state index in [1.165, 1.54) is 18.2 Å². The Kier molecular flexibility index (Phi) is 5.57. The SMILES string of the molecule is CC(CCl)CS(=O)(=O)Nc1ccc([N+](=O)[O-])cc1Br. The van der Waals surface area contributed by atoms with Gasteiger partial charge in [-0.15, -0.1) is 11.6 Å². The predicted octanol–water partition coefficient (Wildman–Crippen LogP) is 2.97. The molecule has 0 aromatic heterocycles. The van der Waals surface area contributed by atoms with Crippen LogP contribution in [0.25, 0.3) is 0 Å². The summed E-state index contributed by atoms with van der Waals surface area (Å²) in [4.78, 5) is 10.0. The minimum atomic E-state index is -3.54. The number of halogens is 2. The average Bonchev–Trinajstić information content (AvgIpc) is 2.30. The smallest absolute Gasteiger partial charge is 0.270 e. The maximum atomic E-state index is 11.8. The van der Waals surface area contributed by atoms with Gasteiger partial charge in [-0.3, -0.25) is 14.8 Å². The summed E-state index contributed by atoms with van der Waals surface area (Å²) in [6, 6.07) is 3.81. The highest BCUT2D eigenvalue weighted by atomic mass is 79.9. The van der Waals surface area contributed by atoms with Gasteiger partial charge in [0, 0.05) is 22.5 Å². The van der Waals surface area contributed by atoms with Crippen LogP contribution in [0.4, 0.5) is 11.4 Å². The van der Waals surface area contributed by atoms with Crippen molar-refractivity contribution in [1.82, 2.24) is 0 Å². The number of hydrogen-bond donors (Lipinski definition) is 1. The molecule has 1 N–H and O–H groups in total. The monoisotopic (exact) mass is 370 g/mol. The zero-order valence-corrected chi connectivity index (χ0v) is 13.1.